The summed E-state index contributed by atoms with van der Waals surface area (Å²) in [4.78, 5) is 14.7. The molecule has 3 N–H and O–H groups in total. The Hall–Kier alpha value is -1.55. The van der Waals surface area contributed by atoms with Crippen molar-refractivity contribution in [2.75, 3.05) is 26.7 Å². The Balaban J connectivity index is 1.99. The number of hydrogen-bond donors (Lipinski definition) is 1. The Labute approximate surface area is 211 Å². The van der Waals surface area contributed by atoms with Gasteiger partial charge in [-0.2, -0.15) is 0 Å². The first-order chi connectivity index (χ1) is 16.7. The van der Waals surface area contributed by atoms with Crippen molar-refractivity contribution in [3.63, 3.8) is 0 Å². The molecule has 1 rings (SSSR count). The van der Waals surface area contributed by atoms with Gasteiger partial charge in [0.25, 0.3) is 0 Å². The van der Waals surface area contributed by atoms with Gasteiger partial charge in [0.05, 0.1) is 20.2 Å². The van der Waals surface area contributed by atoms with Crippen LogP contribution in [0.1, 0.15) is 122 Å². The summed E-state index contributed by atoms with van der Waals surface area (Å²) in [6, 6.07) is 8.14. The summed E-state index contributed by atoms with van der Waals surface area (Å²) in [7, 11) is 1.68. The van der Waals surface area contributed by atoms with Crippen LogP contribution in [-0.4, -0.2) is 37.6 Å². The number of unbranched alkanes of at least 4 members (excludes halogenated alkanes) is 15. The lowest BCUT2D eigenvalue weighted by Crippen LogP contribution is -2.55. The fraction of sp³-hybridized carbons (Fsp3) is 0.767. The molecule has 0 radical (unpaired) electrons. The number of carbonyl (C=O) groups is 1. The maximum absolute atomic E-state index is 12.7. The monoisotopic (exact) mass is 475 g/mol. The maximum atomic E-state index is 12.7. The summed E-state index contributed by atoms with van der Waals surface area (Å²) in [5.74, 6) is 1.17. The van der Waals surface area contributed by atoms with Gasteiger partial charge in [-0.05, 0) is 30.5 Å². The van der Waals surface area contributed by atoms with Crippen LogP contribution < -0.4 is 10.5 Å². The van der Waals surface area contributed by atoms with Crippen LogP contribution in [0.5, 0.6) is 5.75 Å². The van der Waals surface area contributed by atoms with Gasteiger partial charge in [0.2, 0.25) is 5.91 Å². The number of rotatable bonds is 23. The summed E-state index contributed by atoms with van der Waals surface area (Å²) < 4.78 is 5.22. The Morgan fingerprint density at radius 3 is 1.65 bits per heavy atom. The standard InChI is InChI=1S/C30H54N2O2/c1-3-4-5-6-7-8-9-10-11-12-13-14-15-16-17-18-19-30(33)32(27-25-31)26-24-28-20-22-29(34-2)23-21-28/h20-23H,3-19,24-27,31H2,1-2H3/p+1. The molecule has 1 amide bonds. The second-order valence-electron chi connectivity index (χ2n) is 9.89. The topological polar surface area (TPSA) is 57.2 Å². The zero-order valence-electron chi connectivity index (χ0n) is 22.6. The van der Waals surface area contributed by atoms with Crippen LogP contribution in [0, 0.1) is 0 Å². The molecule has 1 aromatic rings. The van der Waals surface area contributed by atoms with Crippen molar-refractivity contribution >= 4 is 5.91 Å². The molecule has 34 heavy (non-hydrogen) atoms. The molecular formula is C30H55N2O2+. The van der Waals surface area contributed by atoms with Gasteiger partial charge in [0, 0.05) is 13.0 Å². The minimum atomic E-state index is 0.294. The molecule has 1 aromatic carbocycles. The molecule has 4 nitrogen and oxygen atoms in total. The van der Waals surface area contributed by atoms with E-state index in [1.807, 2.05) is 17.0 Å². The first kappa shape index (κ1) is 30.5. The van der Waals surface area contributed by atoms with Crippen LogP contribution in [0.3, 0.4) is 0 Å². The number of hydrogen-bond acceptors (Lipinski definition) is 2. The van der Waals surface area contributed by atoms with Gasteiger partial charge in [0.1, 0.15) is 5.75 Å². The van der Waals surface area contributed by atoms with Crippen molar-refractivity contribution in [3.8, 4) is 5.75 Å². The number of quaternary nitrogens is 1. The highest BCUT2D eigenvalue weighted by atomic mass is 16.5. The molecule has 196 valence electrons. The van der Waals surface area contributed by atoms with Gasteiger partial charge in [-0.15, -0.1) is 0 Å². The van der Waals surface area contributed by atoms with E-state index in [1.54, 1.807) is 7.11 Å². The third-order valence-electron chi connectivity index (χ3n) is 6.85. The SMILES string of the molecule is CCCCCCCCCCCCCCCCCCC(=O)N(CC[NH3+])CCc1ccc(OC)cc1. The molecule has 0 spiro atoms. The molecule has 0 heterocycles. The summed E-state index contributed by atoms with van der Waals surface area (Å²) in [6.07, 6.45) is 23.3. The zero-order chi connectivity index (χ0) is 24.7. The lowest BCUT2D eigenvalue weighted by Gasteiger charge is -2.21. The van der Waals surface area contributed by atoms with Crippen molar-refractivity contribution < 1.29 is 15.3 Å². The molecule has 0 saturated carbocycles. The molecular weight excluding hydrogens is 420 g/mol. The summed E-state index contributed by atoms with van der Waals surface area (Å²) >= 11 is 0. The Morgan fingerprint density at radius 1 is 0.735 bits per heavy atom. The molecule has 0 aliphatic heterocycles. The normalized spacial score (nSPS) is 11.0. The van der Waals surface area contributed by atoms with Gasteiger partial charge in [-0.3, -0.25) is 4.79 Å². The molecule has 4 heteroatoms. The molecule has 0 atom stereocenters. The van der Waals surface area contributed by atoms with E-state index in [0.29, 0.717) is 12.3 Å². The van der Waals surface area contributed by atoms with Gasteiger partial charge < -0.3 is 15.4 Å². The lowest BCUT2D eigenvalue weighted by molar-refractivity contribution is -0.368. The van der Waals surface area contributed by atoms with E-state index in [0.717, 1.165) is 38.2 Å². The molecule has 0 aliphatic carbocycles. The third kappa shape index (κ3) is 16.1. The average Bonchev–Trinajstić information content (AvgIpc) is 2.86. The highest BCUT2D eigenvalue weighted by Gasteiger charge is 2.13. The first-order valence-electron chi connectivity index (χ1n) is 14.4. The zero-order valence-corrected chi connectivity index (χ0v) is 22.6. The summed E-state index contributed by atoms with van der Waals surface area (Å²) in [5.41, 5.74) is 5.20. The van der Waals surface area contributed by atoms with Crippen molar-refractivity contribution in [1.82, 2.24) is 4.90 Å². The Bertz CT molecular complexity index is 588. The Morgan fingerprint density at radius 2 is 1.21 bits per heavy atom. The summed E-state index contributed by atoms with van der Waals surface area (Å²) in [5, 5.41) is 0. The highest BCUT2D eigenvalue weighted by Crippen LogP contribution is 2.15. The van der Waals surface area contributed by atoms with Gasteiger partial charge in [0.15, 0.2) is 0 Å². The lowest BCUT2D eigenvalue weighted by atomic mass is 10.0. The number of benzene rings is 1. The predicted molar refractivity (Wildman–Crippen MR) is 145 cm³/mol. The molecule has 0 unspecified atom stereocenters. The fourth-order valence-electron chi connectivity index (χ4n) is 4.59. The number of ether oxygens (including phenoxy) is 1. The number of carbonyl (C=O) groups excluding carboxylic acids is 1. The van der Waals surface area contributed by atoms with Crippen molar-refractivity contribution in [2.24, 2.45) is 0 Å². The summed E-state index contributed by atoms with van der Waals surface area (Å²) in [6.45, 7) is 4.59. The van der Waals surface area contributed by atoms with Crippen LogP contribution >= 0.6 is 0 Å². The molecule has 0 aliphatic rings. The van der Waals surface area contributed by atoms with E-state index in [9.17, 15) is 4.79 Å². The average molecular weight is 476 g/mol. The highest BCUT2D eigenvalue weighted by molar-refractivity contribution is 5.76. The fourth-order valence-corrected chi connectivity index (χ4v) is 4.59. The van der Waals surface area contributed by atoms with E-state index >= 15 is 0 Å². The van der Waals surface area contributed by atoms with Crippen LogP contribution in [0.25, 0.3) is 0 Å². The van der Waals surface area contributed by atoms with Crippen LogP contribution in [0.4, 0.5) is 0 Å². The smallest absolute Gasteiger partial charge is 0.222 e. The van der Waals surface area contributed by atoms with Gasteiger partial charge in [-0.1, -0.05) is 115 Å². The van der Waals surface area contributed by atoms with E-state index in [-0.39, 0.29) is 0 Å². The number of methoxy groups -OCH3 is 1. The van der Waals surface area contributed by atoms with E-state index in [4.69, 9.17) is 4.74 Å². The largest absolute Gasteiger partial charge is 0.497 e. The first-order valence-corrected chi connectivity index (χ1v) is 14.4. The minimum Gasteiger partial charge on any atom is -0.497 e. The second kappa shape index (κ2) is 21.9. The van der Waals surface area contributed by atoms with E-state index in [1.165, 1.54) is 102 Å². The number of amides is 1. The van der Waals surface area contributed by atoms with Crippen LogP contribution in [0.2, 0.25) is 0 Å². The van der Waals surface area contributed by atoms with Crippen molar-refractivity contribution in [3.05, 3.63) is 29.8 Å². The van der Waals surface area contributed by atoms with E-state index in [2.05, 4.69) is 24.8 Å². The maximum Gasteiger partial charge on any atom is 0.222 e. The molecule has 0 bridgehead atoms. The third-order valence-corrected chi connectivity index (χ3v) is 6.85. The molecule has 0 saturated heterocycles. The van der Waals surface area contributed by atoms with Crippen LogP contribution in [0.15, 0.2) is 24.3 Å². The molecule has 0 fully saturated rings. The number of nitrogens with zero attached hydrogens (tertiary/aromatic N) is 1. The van der Waals surface area contributed by atoms with Crippen molar-refractivity contribution in [1.29, 1.82) is 0 Å². The molecule has 0 aromatic heterocycles. The van der Waals surface area contributed by atoms with Crippen LogP contribution in [-0.2, 0) is 11.2 Å². The van der Waals surface area contributed by atoms with E-state index < -0.39 is 0 Å². The van der Waals surface area contributed by atoms with Gasteiger partial charge >= 0.3 is 0 Å². The minimum absolute atomic E-state index is 0.294. The predicted octanol–water partition coefficient (Wildman–Crippen LogP) is 6.96. The van der Waals surface area contributed by atoms with Crippen molar-refractivity contribution in [2.45, 2.75) is 122 Å². The van der Waals surface area contributed by atoms with Gasteiger partial charge in [-0.25, -0.2) is 0 Å². The Kier molecular flexibility index (Phi) is 19.7. The second-order valence-corrected chi connectivity index (χ2v) is 9.89. The quantitative estimate of drug-likeness (QED) is 0.174.